The summed E-state index contributed by atoms with van der Waals surface area (Å²) in [4.78, 5) is 32.4. The third-order valence-electron chi connectivity index (χ3n) is 21.9. The van der Waals surface area contributed by atoms with Crippen molar-refractivity contribution in [2.45, 2.75) is 0 Å². The molecule has 23 aromatic rings. The Balaban J connectivity index is 0.639. The highest BCUT2D eigenvalue weighted by molar-refractivity contribution is 6.13. The van der Waals surface area contributed by atoms with Crippen LogP contribution in [0.5, 0.6) is 0 Å². The molecule has 108 heavy (non-hydrogen) atoms. The Bertz CT molecular complexity index is 7650. The van der Waals surface area contributed by atoms with Gasteiger partial charge in [0.05, 0.1) is 88.6 Å². The first-order valence-corrected chi connectivity index (χ1v) is 36.4. The van der Waals surface area contributed by atoms with Gasteiger partial charge >= 0.3 is 0 Å². The minimum atomic E-state index is 0.599. The number of hydrogen-bond acceptors (Lipinski definition) is 6. The molecule has 8 heterocycles. The number of hydrogen-bond donors (Lipinski definition) is 0. The van der Waals surface area contributed by atoms with E-state index in [-0.39, 0.29) is 0 Å². The van der Waals surface area contributed by atoms with Gasteiger partial charge < -0.3 is 0 Å². The number of fused-ring (bicyclic) bond motifs is 18. The summed E-state index contributed by atoms with van der Waals surface area (Å²) in [6, 6.07) is 125. The zero-order valence-electron chi connectivity index (χ0n) is 57.9. The quantitative estimate of drug-likeness (QED) is 0.135. The first-order chi connectivity index (χ1) is 53.5. The number of nitrogens with zero attached hydrogens (tertiary/aromatic N) is 12. The Hall–Kier alpha value is -14.9. The molecule has 12 heteroatoms. The molecule has 0 aliphatic carbocycles. The van der Waals surface area contributed by atoms with Crippen LogP contribution in [0.2, 0.25) is 0 Å². The van der Waals surface area contributed by atoms with Crippen LogP contribution in [0.25, 0.3) is 211 Å². The molecule has 0 fully saturated rings. The molecule has 0 N–H and O–H groups in total. The minimum Gasteiger partial charge on any atom is -0.278 e. The first kappa shape index (κ1) is 59.6. The van der Waals surface area contributed by atoms with Gasteiger partial charge in [-0.3, -0.25) is 27.1 Å². The average molecular weight is 1380 g/mol. The Labute approximate surface area is 616 Å². The van der Waals surface area contributed by atoms with Crippen LogP contribution in [0.1, 0.15) is 0 Å². The molecule has 0 spiro atoms. The van der Waals surface area contributed by atoms with Gasteiger partial charge in [-0.25, -0.2) is 29.9 Å². The maximum Gasteiger partial charge on any atom is 0.235 e. The highest BCUT2D eigenvalue weighted by atomic mass is 15.2. The van der Waals surface area contributed by atoms with E-state index in [4.69, 9.17) is 29.9 Å². The molecule has 0 amide bonds. The molecule has 502 valence electrons. The van der Waals surface area contributed by atoms with Crippen molar-refractivity contribution >= 4 is 121 Å². The van der Waals surface area contributed by atoms with Gasteiger partial charge in [0, 0.05) is 54.8 Å². The van der Waals surface area contributed by atoms with E-state index in [1.54, 1.807) is 0 Å². The first-order valence-electron chi connectivity index (χ1n) is 36.4. The molecule has 8 aromatic heterocycles. The predicted molar refractivity (Wildman–Crippen MR) is 440 cm³/mol. The van der Waals surface area contributed by atoms with Crippen molar-refractivity contribution in [2.75, 3.05) is 0 Å². The maximum atomic E-state index is 5.55. The fraction of sp³-hybridized carbons (Fsp3) is 0. The molecule has 23 rings (SSSR count). The second-order valence-corrected chi connectivity index (χ2v) is 27.9. The number of imidazole rings is 4. The van der Waals surface area contributed by atoms with Gasteiger partial charge in [-0.15, -0.1) is 0 Å². The van der Waals surface area contributed by atoms with Crippen LogP contribution >= 0.6 is 0 Å². The summed E-state index contributed by atoms with van der Waals surface area (Å²) in [5.41, 5.74) is 28.7. The van der Waals surface area contributed by atoms with Gasteiger partial charge in [0.2, 0.25) is 23.5 Å². The van der Waals surface area contributed by atoms with E-state index in [1.165, 1.54) is 0 Å². The number of para-hydroxylation sites is 8. The standard InChI is InChI=1S/C96H58N12/c1-5-21-61(22-6-1)91-73-30-13-15-31-77(73)97-93(101-91)106-83-50-44-64(68-46-52-87-90(58-68)108-85-36-20-17-33-79(85)100-96(108)104(87)70-27-11-4-12-28-70)54-76(83)72-47-41-66(56-88(72)106)60-39-37-59(38-40-60)65-42-48-74-80(55-65)98-94(102-92(74)62-23-7-2-8-24-62)105-81-34-18-14-29-71(81)75-53-63(43-49-82(75)105)67-45-51-86-89(57-67)107-84-35-19-16-32-78(84)99-95(107)103(86)69-25-9-3-10-26-69/h1-58H. The molecule has 0 saturated carbocycles. The fourth-order valence-electron chi connectivity index (χ4n) is 16.8. The molecular formula is C96H58N12. The summed E-state index contributed by atoms with van der Waals surface area (Å²) in [6.07, 6.45) is 0. The van der Waals surface area contributed by atoms with Gasteiger partial charge in [0.1, 0.15) is 0 Å². The number of aromatic nitrogens is 12. The monoisotopic (exact) mass is 1380 g/mol. The topological polar surface area (TPSA) is 106 Å². The molecule has 0 atom stereocenters. The van der Waals surface area contributed by atoms with E-state index in [2.05, 4.69) is 373 Å². The second-order valence-electron chi connectivity index (χ2n) is 27.9. The Morgan fingerprint density at radius 3 is 1.04 bits per heavy atom. The van der Waals surface area contributed by atoms with E-state index < -0.39 is 0 Å². The smallest absolute Gasteiger partial charge is 0.235 e. The van der Waals surface area contributed by atoms with Gasteiger partial charge in [-0.1, -0.05) is 224 Å². The van der Waals surface area contributed by atoms with Crippen LogP contribution in [0.15, 0.2) is 352 Å². The Morgan fingerprint density at radius 2 is 0.509 bits per heavy atom. The zero-order valence-corrected chi connectivity index (χ0v) is 57.9. The van der Waals surface area contributed by atoms with Gasteiger partial charge in [0.25, 0.3) is 0 Å². The predicted octanol–water partition coefficient (Wildman–Crippen LogP) is 23.3. The van der Waals surface area contributed by atoms with E-state index in [0.717, 1.165) is 200 Å². The largest absolute Gasteiger partial charge is 0.278 e. The van der Waals surface area contributed by atoms with Crippen LogP contribution in [0.3, 0.4) is 0 Å². The minimum absolute atomic E-state index is 0.599. The molecule has 0 radical (unpaired) electrons. The molecule has 0 aliphatic rings. The van der Waals surface area contributed by atoms with Crippen molar-refractivity contribution in [2.24, 2.45) is 0 Å². The Kier molecular flexibility index (Phi) is 12.9. The zero-order chi connectivity index (χ0) is 70.7. The maximum absolute atomic E-state index is 5.55. The fourth-order valence-corrected chi connectivity index (χ4v) is 16.8. The molecule has 0 saturated heterocycles. The lowest BCUT2D eigenvalue weighted by Gasteiger charge is -2.13. The van der Waals surface area contributed by atoms with Crippen molar-refractivity contribution in [3.8, 4) is 90.3 Å². The summed E-state index contributed by atoms with van der Waals surface area (Å²) < 4.78 is 13.6. The van der Waals surface area contributed by atoms with Gasteiger partial charge in [-0.2, -0.15) is 0 Å². The van der Waals surface area contributed by atoms with E-state index in [1.807, 2.05) is 6.07 Å². The summed E-state index contributed by atoms with van der Waals surface area (Å²) >= 11 is 0. The van der Waals surface area contributed by atoms with Crippen molar-refractivity contribution in [1.29, 1.82) is 0 Å². The van der Waals surface area contributed by atoms with Crippen molar-refractivity contribution in [1.82, 2.24) is 57.0 Å². The average Bonchev–Trinajstić information content (AvgIpc) is 1.58. The van der Waals surface area contributed by atoms with E-state index in [9.17, 15) is 0 Å². The highest BCUT2D eigenvalue weighted by Crippen LogP contribution is 2.43. The molecule has 0 aliphatic heterocycles. The third kappa shape index (κ3) is 9.10. The number of benzene rings is 15. The van der Waals surface area contributed by atoms with Crippen LogP contribution in [-0.4, -0.2) is 57.0 Å². The summed E-state index contributed by atoms with van der Waals surface area (Å²) in [7, 11) is 0. The SMILES string of the molecule is c1ccc(-c2nc(-n3c4ccccc4c4cc(-c5ccc6c(c5)n5c7ccccc7nc5n6-c5ccccc5)ccc43)nc3cc(-c4ccc(-c5ccc6c7cc(-c8ccc9c(c8)n8c%10ccccc%10nc8n9-c8ccccc8)ccc7n(-c7nc(-c8ccccc8)c8ccccc8n7)c6c5)cc4)ccc23)cc1. The second kappa shape index (κ2) is 23.3. The van der Waals surface area contributed by atoms with Crippen LogP contribution < -0.4 is 0 Å². The van der Waals surface area contributed by atoms with Gasteiger partial charge in [0.15, 0.2) is 0 Å². The van der Waals surface area contributed by atoms with Crippen molar-refractivity contribution in [3.63, 3.8) is 0 Å². The van der Waals surface area contributed by atoms with Crippen molar-refractivity contribution in [3.05, 3.63) is 352 Å². The van der Waals surface area contributed by atoms with E-state index in [0.29, 0.717) is 11.9 Å². The Morgan fingerprint density at radius 1 is 0.167 bits per heavy atom. The third-order valence-corrected chi connectivity index (χ3v) is 21.9. The number of rotatable bonds is 10. The highest BCUT2D eigenvalue weighted by Gasteiger charge is 2.25. The normalized spacial score (nSPS) is 12.1. The van der Waals surface area contributed by atoms with E-state index >= 15 is 0 Å². The lowest BCUT2D eigenvalue weighted by molar-refractivity contribution is 1.01. The molecule has 15 aromatic carbocycles. The van der Waals surface area contributed by atoms with Crippen LogP contribution in [-0.2, 0) is 0 Å². The summed E-state index contributed by atoms with van der Waals surface area (Å²) in [5.74, 6) is 2.95. The lowest BCUT2D eigenvalue weighted by atomic mass is 9.97. The molecule has 12 nitrogen and oxygen atoms in total. The lowest BCUT2D eigenvalue weighted by Crippen LogP contribution is -2.03. The molecular weight excluding hydrogens is 1320 g/mol. The summed E-state index contributed by atoms with van der Waals surface area (Å²) in [6.45, 7) is 0. The van der Waals surface area contributed by atoms with Crippen LogP contribution in [0.4, 0.5) is 0 Å². The molecule has 0 unspecified atom stereocenters. The van der Waals surface area contributed by atoms with Crippen LogP contribution in [0, 0.1) is 0 Å². The van der Waals surface area contributed by atoms with Gasteiger partial charge in [-0.05, 0) is 172 Å². The molecule has 0 bridgehead atoms. The van der Waals surface area contributed by atoms with Crippen molar-refractivity contribution < 1.29 is 0 Å². The summed E-state index contributed by atoms with van der Waals surface area (Å²) in [5, 5.41) is 6.39.